The van der Waals surface area contributed by atoms with Gasteiger partial charge in [-0.05, 0) is 39.5 Å². The molecule has 1 atom stereocenters. The van der Waals surface area contributed by atoms with Crippen molar-refractivity contribution in [1.82, 2.24) is 5.32 Å². The second-order valence-electron chi connectivity index (χ2n) is 6.41. The predicted molar refractivity (Wildman–Crippen MR) is 74.0 cm³/mol. The third kappa shape index (κ3) is 5.11. The molecule has 0 aromatic carbocycles. The number of hydrogen-bond acceptors (Lipinski definition) is 3. The molecule has 0 spiro atoms. The summed E-state index contributed by atoms with van der Waals surface area (Å²) >= 11 is 0. The molecule has 0 aromatic heterocycles. The van der Waals surface area contributed by atoms with Crippen LogP contribution in [0.5, 0.6) is 0 Å². The van der Waals surface area contributed by atoms with E-state index in [2.05, 4.69) is 19.2 Å². The zero-order valence-electron chi connectivity index (χ0n) is 12.2. The fourth-order valence-corrected chi connectivity index (χ4v) is 2.93. The van der Waals surface area contributed by atoms with E-state index in [0.717, 1.165) is 25.7 Å². The van der Waals surface area contributed by atoms with E-state index >= 15 is 0 Å². The Kier molecular flexibility index (Phi) is 5.22. The normalized spacial score (nSPS) is 27.4. The van der Waals surface area contributed by atoms with Gasteiger partial charge in [0.05, 0.1) is 17.8 Å². The molecular weight excluding hydrogens is 242 g/mol. The van der Waals surface area contributed by atoms with Crippen LogP contribution in [0.25, 0.3) is 0 Å². The van der Waals surface area contributed by atoms with Crippen molar-refractivity contribution in [1.29, 1.82) is 0 Å². The van der Waals surface area contributed by atoms with E-state index < -0.39 is 0 Å². The van der Waals surface area contributed by atoms with Gasteiger partial charge in [0.2, 0.25) is 5.91 Å². The summed E-state index contributed by atoms with van der Waals surface area (Å²) in [5.41, 5.74) is -0.0337. The standard InChI is InChI=1S/C15H27NO3/c1-15(2)9-8-13(19-15)10-16-14(17)11-18-12-6-4-3-5-7-12/h12-13H,3-11H2,1-2H3,(H,16,17)/t13-/m0/s1. The molecule has 2 aliphatic rings. The quantitative estimate of drug-likeness (QED) is 0.833. The van der Waals surface area contributed by atoms with Gasteiger partial charge in [0, 0.05) is 6.54 Å². The van der Waals surface area contributed by atoms with E-state index in [1.54, 1.807) is 0 Å². The van der Waals surface area contributed by atoms with E-state index in [-0.39, 0.29) is 24.2 Å². The van der Waals surface area contributed by atoms with Crippen LogP contribution < -0.4 is 5.32 Å². The molecule has 1 N–H and O–H groups in total. The van der Waals surface area contributed by atoms with E-state index in [1.165, 1.54) is 19.3 Å². The fraction of sp³-hybridized carbons (Fsp3) is 0.933. The lowest BCUT2D eigenvalue weighted by molar-refractivity contribution is -0.129. The number of ether oxygens (including phenoxy) is 2. The van der Waals surface area contributed by atoms with Gasteiger partial charge >= 0.3 is 0 Å². The van der Waals surface area contributed by atoms with Crippen LogP contribution in [-0.4, -0.2) is 36.9 Å². The van der Waals surface area contributed by atoms with Crippen LogP contribution in [0.1, 0.15) is 58.8 Å². The van der Waals surface area contributed by atoms with Crippen LogP contribution in [0.4, 0.5) is 0 Å². The Morgan fingerprint density at radius 2 is 2.00 bits per heavy atom. The molecule has 0 radical (unpaired) electrons. The van der Waals surface area contributed by atoms with Crippen molar-refractivity contribution in [2.75, 3.05) is 13.2 Å². The molecule has 2 fully saturated rings. The molecule has 4 heteroatoms. The van der Waals surface area contributed by atoms with E-state index in [1.807, 2.05) is 0 Å². The molecule has 110 valence electrons. The lowest BCUT2D eigenvalue weighted by atomic mass is 9.98. The van der Waals surface area contributed by atoms with Crippen LogP contribution in [-0.2, 0) is 14.3 Å². The number of amides is 1. The van der Waals surface area contributed by atoms with Crippen LogP contribution in [0, 0.1) is 0 Å². The molecule has 1 amide bonds. The van der Waals surface area contributed by atoms with Gasteiger partial charge in [-0.25, -0.2) is 0 Å². The minimum absolute atomic E-state index is 0.0149. The minimum Gasteiger partial charge on any atom is -0.371 e. The third-order valence-electron chi connectivity index (χ3n) is 4.08. The molecule has 2 rings (SSSR count). The van der Waals surface area contributed by atoms with Gasteiger partial charge in [0.15, 0.2) is 0 Å². The van der Waals surface area contributed by atoms with Gasteiger partial charge in [-0.2, -0.15) is 0 Å². The summed E-state index contributed by atoms with van der Waals surface area (Å²) in [4.78, 5) is 11.7. The van der Waals surface area contributed by atoms with Gasteiger partial charge in [-0.3, -0.25) is 4.79 Å². The first-order valence-electron chi connectivity index (χ1n) is 7.61. The topological polar surface area (TPSA) is 47.6 Å². The van der Waals surface area contributed by atoms with Gasteiger partial charge in [0.25, 0.3) is 0 Å². The number of nitrogens with one attached hydrogen (secondary N) is 1. The summed E-state index contributed by atoms with van der Waals surface area (Å²) in [6.45, 7) is 5.00. The maximum Gasteiger partial charge on any atom is 0.246 e. The second kappa shape index (κ2) is 6.71. The average Bonchev–Trinajstić information content (AvgIpc) is 2.75. The number of carbonyl (C=O) groups excluding carboxylic acids is 1. The number of hydrogen-bond donors (Lipinski definition) is 1. The molecule has 1 aliphatic heterocycles. The molecule has 1 heterocycles. The Labute approximate surface area is 116 Å². The Bertz CT molecular complexity index is 298. The van der Waals surface area contributed by atoms with Crippen molar-refractivity contribution in [3.8, 4) is 0 Å². The van der Waals surface area contributed by atoms with E-state index in [4.69, 9.17) is 9.47 Å². The first-order chi connectivity index (χ1) is 9.05. The van der Waals surface area contributed by atoms with Crippen LogP contribution in [0.3, 0.4) is 0 Å². The molecule has 0 aromatic rings. The van der Waals surface area contributed by atoms with Crippen molar-refractivity contribution >= 4 is 5.91 Å². The SMILES string of the molecule is CC1(C)CC[C@@H](CNC(=O)COC2CCCCC2)O1. The minimum atomic E-state index is -0.0337. The smallest absolute Gasteiger partial charge is 0.246 e. The molecule has 0 unspecified atom stereocenters. The van der Waals surface area contributed by atoms with E-state index in [0.29, 0.717) is 12.6 Å². The second-order valence-corrected chi connectivity index (χ2v) is 6.41. The summed E-state index contributed by atoms with van der Waals surface area (Å²) in [5.74, 6) is -0.0149. The van der Waals surface area contributed by atoms with Crippen LogP contribution >= 0.6 is 0 Å². The van der Waals surface area contributed by atoms with Crippen molar-refractivity contribution in [3.63, 3.8) is 0 Å². The molecular formula is C15H27NO3. The summed E-state index contributed by atoms with van der Waals surface area (Å²) in [5, 5.41) is 2.91. The first kappa shape index (κ1) is 14.8. The zero-order valence-corrected chi connectivity index (χ0v) is 12.2. The van der Waals surface area contributed by atoms with Crippen molar-refractivity contribution in [2.45, 2.75) is 76.6 Å². The van der Waals surface area contributed by atoms with Crippen molar-refractivity contribution in [3.05, 3.63) is 0 Å². The Morgan fingerprint density at radius 3 is 2.63 bits per heavy atom. The zero-order chi connectivity index (χ0) is 13.7. The van der Waals surface area contributed by atoms with E-state index in [9.17, 15) is 4.79 Å². The summed E-state index contributed by atoms with van der Waals surface area (Å²) in [7, 11) is 0. The summed E-state index contributed by atoms with van der Waals surface area (Å²) in [6.07, 6.45) is 8.52. The number of carbonyl (C=O) groups is 1. The van der Waals surface area contributed by atoms with Crippen molar-refractivity contribution < 1.29 is 14.3 Å². The maximum absolute atomic E-state index is 11.7. The van der Waals surface area contributed by atoms with Gasteiger partial charge in [0.1, 0.15) is 6.61 Å². The predicted octanol–water partition coefficient (Wildman–Crippen LogP) is 2.41. The highest BCUT2D eigenvalue weighted by atomic mass is 16.5. The summed E-state index contributed by atoms with van der Waals surface area (Å²) in [6, 6.07) is 0. The van der Waals surface area contributed by atoms with Gasteiger partial charge in [-0.15, -0.1) is 0 Å². The molecule has 19 heavy (non-hydrogen) atoms. The molecule has 1 saturated heterocycles. The number of rotatable bonds is 5. The molecule has 0 bridgehead atoms. The summed E-state index contributed by atoms with van der Waals surface area (Å²) < 4.78 is 11.5. The van der Waals surface area contributed by atoms with Gasteiger partial charge in [-0.1, -0.05) is 19.3 Å². The molecule has 1 aliphatic carbocycles. The third-order valence-corrected chi connectivity index (χ3v) is 4.08. The lowest BCUT2D eigenvalue weighted by Crippen LogP contribution is -2.36. The Morgan fingerprint density at radius 1 is 1.26 bits per heavy atom. The molecule has 1 saturated carbocycles. The fourth-order valence-electron chi connectivity index (χ4n) is 2.93. The molecule has 4 nitrogen and oxygen atoms in total. The first-order valence-corrected chi connectivity index (χ1v) is 7.61. The monoisotopic (exact) mass is 269 g/mol. The highest BCUT2D eigenvalue weighted by Gasteiger charge is 2.31. The Balaban J connectivity index is 1.57. The highest BCUT2D eigenvalue weighted by molar-refractivity contribution is 5.77. The highest BCUT2D eigenvalue weighted by Crippen LogP contribution is 2.28. The largest absolute Gasteiger partial charge is 0.371 e. The Hall–Kier alpha value is -0.610. The van der Waals surface area contributed by atoms with Crippen LogP contribution in [0.15, 0.2) is 0 Å². The average molecular weight is 269 g/mol. The van der Waals surface area contributed by atoms with Crippen LogP contribution in [0.2, 0.25) is 0 Å². The maximum atomic E-state index is 11.7. The lowest BCUT2D eigenvalue weighted by Gasteiger charge is -2.22. The van der Waals surface area contributed by atoms with Gasteiger partial charge < -0.3 is 14.8 Å². The van der Waals surface area contributed by atoms with Crippen molar-refractivity contribution in [2.24, 2.45) is 0 Å².